The summed E-state index contributed by atoms with van der Waals surface area (Å²) in [4.78, 5) is 32.8. The first kappa shape index (κ1) is 43.1. The SMILES string of the molecule is CN(C)CC[C@H](CSc1ccccc1)Nc1ccc(S(=O)(=O)NC(=O)c2ccc3c(c2)CC[C@@H]2CN(Cc4cc(CN)ccc4-c4ccc(Cl)cc4)CCN32)cc1[N+](=O)[O-]. The molecule has 15 heteroatoms. The lowest BCUT2D eigenvalue weighted by Crippen LogP contribution is -2.54. The number of nitrogens with two attached hydrogens (primary N) is 1. The number of rotatable bonds is 16. The maximum absolute atomic E-state index is 13.5. The molecule has 12 nitrogen and oxygen atoms in total. The molecule has 60 heavy (non-hydrogen) atoms. The first-order valence-electron chi connectivity index (χ1n) is 20.0. The molecule has 0 unspecified atom stereocenters. The van der Waals surface area contributed by atoms with E-state index in [2.05, 4.69) is 38.0 Å². The van der Waals surface area contributed by atoms with Crippen molar-refractivity contribution in [1.82, 2.24) is 14.5 Å². The van der Waals surface area contributed by atoms with Crippen molar-refractivity contribution in [3.05, 3.63) is 147 Å². The van der Waals surface area contributed by atoms with Gasteiger partial charge in [-0.3, -0.25) is 19.8 Å². The Bertz CT molecular complexity index is 2440. The van der Waals surface area contributed by atoms with E-state index in [0.717, 1.165) is 84.5 Å². The van der Waals surface area contributed by atoms with Gasteiger partial charge >= 0.3 is 0 Å². The largest absolute Gasteiger partial charge is 0.376 e. The third kappa shape index (κ3) is 10.5. The van der Waals surface area contributed by atoms with Crippen LogP contribution in [0.15, 0.2) is 119 Å². The Balaban J connectivity index is 1.01. The number of hydrogen-bond acceptors (Lipinski definition) is 11. The molecule has 0 radical (unpaired) electrons. The zero-order valence-corrected chi connectivity index (χ0v) is 36.1. The van der Waals surface area contributed by atoms with Crippen LogP contribution in [0.1, 0.15) is 39.9 Å². The standard InChI is InChI=1S/C45H50ClN7O5S2/c1-50(2)21-20-37(30-59-39-6-4-3-5-7-39)48-42-18-16-40(26-44(42)53(55)56)60(57,58)49-45(54)34-12-19-43-33(25-34)11-15-38-29-51(22-23-52(38)43)28-35-24-31(27-47)8-17-41(35)32-9-13-36(46)14-10-32/h3-10,12-14,16-19,24-26,37-38,48H,11,15,20-23,27-30,47H2,1-2H3,(H,49,54)/t37-,38-/m1/s1. The van der Waals surface area contributed by atoms with Crippen LogP contribution in [0.5, 0.6) is 0 Å². The first-order chi connectivity index (χ1) is 28.9. The van der Waals surface area contributed by atoms with Gasteiger partial charge in [-0.1, -0.05) is 60.1 Å². The molecule has 1 saturated heterocycles. The van der Waals surface area contributed by atoms with E-state index in [-0.39, 0.29) is 33.9 Å². The van der Waals surface area contributed by atoms with Gasteiger partial charge < -0.3 is 20.9 Å². The van der Waals surface area contributed by atoms with Gasteiger partial charge in [-0.05, 0) is 122 Å². The molecule has 0 saturated carbocycles. The number of nitrogens with one attached hydrogen (secondary N) is 2. The highest BCUT2D eigenvalue weighted by molar-refractivity contribution is 7.99. The van der Waals surface area contributed by atoms with Crippen molar-refractivity contribution < 1.29 is 18.1 Å². The fourth-order valence-corrected chi connectivity index (χ4v) is 10.1. The monoisotopic (exact) mass is 867 g/mol. The van der Waals surface area contributed by atoms with Crippen molar-refractivity contribution in [2.24, 2.45) is 5.73 Å². The summed E-state index contributed by atoms with van der Waals surface area (Å²) in [5.74, 6) is -0.160. The predicted molar refractivity (Wildman–Crippen MR) is 241 cm³/mol. The van der Waals surface area contributed by atoms with Gasteiger partial charge in [0.15, 0.2) is 0 Å². The van der Waals surface area contributed by atoms with Crippen LogP contribution in [-0.2, 0) is 29.5 Å². The molecular weight excluding hydrogens is 818 g/mol. The number of halogens is 1. The zero-order valence-electron chi connectivity index (χ0n) is 33.7. The lowest BCUT2D eigenvalue weighted by Gasteiger charge is -2.46. The Hall–Kier alpha value is -4.96. The lowest BCUT2D eigenvalue weighted by molar-refractivity contribution is -0.384. The van der Waals surface area contributed by atoms with Crippen molar-refractivity contribution in [3.63, 3.8) is 0 Å². The predicted octanol–water partition coefficient (Wildman–Crippen LogP) is 7.65. The quantitative estimate of drug-likeness (QED) is 0.0509. The number of hydrogen-bond donors (Lipinski definition) is 3. The van der Waals surface area contributed by atoms with Crippen molar-refractivity contribution in [2.75, 3.05) is 56.2 Å². The van der Waals surface area contributed by atoms with Gasteiger partial charge in [0.1, 0.15) is 5.69 Å². The Morgan fingerprint density at radius 3 is 2.52 bits per heavy atom. The van der Waals surface area contributed by atoms with E-state index in [1.54, 1.807) is 23.9 Å². The Morgan fingerprint density at radius 2 is 1.78 bits per heavy atom. The number of piperazine rings is 1. The summed E-state index contributed by atoms with van der Waals surface area (Å²) in [6.07, 6.45) is 2.32. The molecule has 314 valence electrons. The molecule has 5 aromatic rings. The summed E-state index contributed by atoms with van der Waals surface area (Å²) in [5.41, 5.74) is 12.6. The molecule has 2 atom stereocenters. The van der Waals surface area contributed by atoms with E-state index in [0.29, 0.717) is 23.7 Å². The number of nitro benzene ring substituents is 1. The average Bonchev–Trinajstić information content (AvgIpc) is 3.24. The second-order valence-corrected chi connectivity index (χ2v) is 18.8. The fourth-order valence-electron chi connectivity index (χ4n) is 7.95. The van der Waals surface area contributed by atoms with Gasteiger partial charge in [0.25, 0.3) is 21.6 Å². The van der Waals surface area contributed by atoms with Gasteiger partial charge in [-0.2, -0.15) is 0 Å². The fraction of sp³-hybridized carbons (Fsp3) is 0.311. The number of nitro groups is 1. The maximum atomic E-state index is 13.5. The third-order valence-corrected chi connectivity index (χ3v) is 13.9. The molecule has 0 bridgehead atoms. The zero-order chi connectivity index (χ0) is 42.4. The summed E-state index contributed by atoms with van der Waals surface area (Å²) in [6, 6.07) is 33.3. The summed E-state index contributed by atoms with van der Waals surface area (Å²) in [5, 5.41) is 16.3. The molecule has 1 amide bonds. The minimum Gasteiger partial charge on any atom is -0.376 e. The minimum absolute atomic E-state index is 0.144. The van der Waals surface area contributed by atoms with Gasteiger partial charge in [-0.15, -0.1) is 11.8 Å². The lowest BCUT2D eigenvalue weighted by atomic mass is 9.92. The highest BCUT2D eigenvalue weighted by Crippen LogP contribution is 2.36. The highest BCUT2D eigenvalue weighted by atomic mass is 35.5. The van der Waals surface area contributed by atoms with Crippen LogP contribution in [0.2, 0.25) is 5.02 Å². The number of fused-ring (bicyclic) bond motifs is 3. The molecule has 0 spiro atoms. The van der Waals surface area contributed by atoms with E-state index in [1.807, 2.05) is 79.7 Å². The van der Waals surface area contributed by atoms with E-state index in [1.165, 1.54) is 17.7 Å². The van der Waals surface area contributed by atoms with Crippen LogP contribution in [0.25, 0.3) is 11.1 Å². The van der Waals surface area contributed by atoms with E-state index < -0.39 is 20.9 Å². The van der Waals surface area contributed by atoms with Crippen LogP contribution in [0.3, 0.4) is 0 Å². The second-order valence-electron chi connectivity index (χ2n) is 15.6. The summed E-state index contributed by atoms with van der Waals surface area (Å²) >= 11 is 7.82. The molecule has 5 aromatic carbocycles. The van der Waals surface area contributed by atoms with Gasteiger partial charge in [0.2, 0.25) is 0 Å². The van der Waals surface area contributed by atoms with Crippen LogP contribution >= 0.6 is 23.4 Å². The van der Waals surface area contributed by atoms with Crippen LogP contribution < -0.4 is 20.7 Å². The molecule has 4 N–H and O–H groups in total. The topological polar surface area (TPSA) is 154 Å². The van der Waals surface area contributed by atoms with Crippen LogP contribution in [0.4, 0.5) is 17.1 Å². The number of nitrogens with zero attached hydrogens (tertiary/aromatic N) is 4. The smallest absolute Gasteiger partial charge is 0.293 e. The highest BCUT2D eigenvalue weighted by Gasteiger charge is 2.33. The molecule has 0 aliphatic carbocycles. The van der Waals surface area contributed by atoms with E-state index >= 15 is 0 Å². The Labute approximate surface area is 361 Å². The third-order valence-electron chi connectivity index (χ3n) is 11.1. The Morgan fingerprint density at radius 1 is 1.00 bits per heavy atom. The van der Waals surface area contributed by atoms with Gasteiger partial charge in [0, 0.05) is 77.8 Å². The Kier molecular flexibility index (Phi) is 13.8. The molecule has 1 fully saturated rings. The molecule has 0 aromatic heterocycles. The summed E-state index contributed by atoms with van der Waals surface area (Å²) in [7, 11) is -0.523. The van der Waals surface area contributed by atoms with Crippen molar-refractivity contribution in [1.29, 1.82) is 0 Å². The summed E-state index contributed by atoms with van der Waals surface area (Å²) in [6.45, 7) is 4.51. The van der Waals surface area contributed by atoms with Crippen LogP contribution in [-0.4, -0.2) is 87.2 Å². The van der Waals surface area contributed by atoms with E-state index in [4.69, 9.17) is 17.3 Å². The number of benzene rings is 5. The summed E-state index contributed by atoms with van der Waals surface area (Å²) < 4.78 is 29.2. The van der Waals surface area contributed by atoms with Crippen molar-refractivity contribution in [3.8, 4) is 11.1 Å². The van der Waals surface area contributed by atoms with Gasteiger partial charge in [-0.25, -0.2) is 13.1 Å². The number of thioether (sulfide) groups is 1. The minimum atomic E-state index is -4.45. The first-order valence-corrected chi connectivity index (χ1v) is 22.9. The van der Waals surface area contributed by atoms with Crippen molar-refractivity contribution >= 4 is 56.4 Å². The number of carbonyl (C=O) groups is 1. The number of carbonyl (C=O) groups excluding carboxylic acids is 1. The van der Waals surface area contributed by atoms with E-state index in [9.17, 15) is 23.3 Å². The molecule has 7 rings (SSSR count). The number of anilines is 2. The molecule has 2 aliphatic rings. The van der Waals surface area contributed by atoms with Crippen LogP contribution in [0, 0.1) is 10.1 Å². The van der Waals surface area contributed by atoms with Gasteiger partial charge in [0.05, 0.1) is 9.82 Å². The average molecular weight is 869 g/mol. The number of amides is 1. The second kappa shape index (κ2) is 19.2. The number of sulfonamides is 1. The maximum Gasteiger partial charge on any atom is 0.293 e. The molecular formula is C45H50ClN7O5S2. The molecule has 2 aliphatic heterocycles. The van der Waals surface area contributed by atoms with Crippen molar-refractivity contribution in [2.45, 2.75) is 54.2 Å². The molecule has 2 heterocycles. The number of aryl methyl sites for hydroxylation is 1. The normalized spacial score (nSPS) is 15.9.